The summed E-state index contributed by atoms with van der Waals surface area (Å²) in [5.41, 5.74) is 1.13. The first kappa shape index (κ1) is 16.8. The molecule has 0 amide bonds. The highest BCUT2D eigenvalue weighted by Crippen LogP contribution is 2.29. The highest BCUT2D eigenvalue weighted by Gasteiger charge is 2.06. The zero-order valence-electron chi connectivity index (χ0n) is 11.7. The summed E-state index contributed by atoms with van der Waals surface area (Å²) in [7, 11) is 1.69. The number of thiophene rings is 1. The number of methoxy groups -OCH3 is 1. The average molecular weight is 391 g/mol. The van der Waals surface area contributed by atoms with E-state index in [4.69, 9.17) is 21.1 Å². The molecule has 1 heterocycles. The van der Waals surface area contributed by atoms with E-state index in [9.17, 15) is 0 Å². The fourth-order valence-electron chi connectivity index (χ4n) is 1.75. The average Bonchev–Trinajstić information content (AvgIpc) is 2.88. The molecule has 2 rings (SSSR count). The molecule has 3 nitrogen and oxygen atoms in total. The van der Waals surface area contributed by atoms with E-state index in [0.29, 0.717) is 24.0 Å². The third-order valence-electron chi connectivity index (χ3n) is 2.86. The van der Waals surface area contributed by atoms with Crippen molar-refractivity contribution < 1.29 is 9.47 Å². The Morgan fingerprint density at radius 1 is 1.33 bits per heavy atom. The molecule has 0 unspecified atom stereocenters. The van der Waals surface area contributed by atoms with Gasteiger partial charge in [-0.1, -0.05) is 17.7 Å². The van der Waals surface area contributed by atoms with E-state index in [1.165, 1.54) is 0 Å². The van der Waals surface area contributed by atoms with Crippen LogP contribution in [0.5, 0.6) is 5.75 Å². The third kappa shape index (κ3) is 5.27. The molecule has 0 radical (unpaired) electrons. The number of hydrogen-bond donors (Lipinski definition) is 1. The Balaban J connectivity index is 1.88. The van der Waals surface area contributed by atoms with Crippen molar-refractivity contribution in [3.63, 3.8) is 0 Å². The molecule has 21 heavy (non-hydrogen) atoms. The Hall–Kier alpha value is -0.590. The second-order valence-corrected chi connectivity index (χ2v) is 6.68. The second kappa shape index (κ2) is 8.76. The van der Waals surface area contributed by atoms with Crippen molar-refractivity contribution in [2.24, 2.45) is 0 Å². The van der Waals surface area contributed by atoms with Gasteiger partial charge in [-0.15, -0.1) is 11.3 Å². The Labute approximate surface area is 142 Å². The van der Waals surface area contributed by atoms with Crippen LogP contribution in [-0.4, -0.2) is 20.3 Å². The number of hydrogen-bond acceptors (Lipinski definition) is 4. The summed E-state index contributed by atoms with van der Waals surface area (Å²) >= 11 is 11.4. The van der Waals surface area contributed by atoms with Crippen LogP contribution in [0.1, 0.15) is 10.4 Å². The summed E-state index contributed by atoms with van der Waals surface area (Å²) in [6, 6.07) is 7.88. The number of ether oxygens (including phenoxy) is 2. The van der Waals surface area contributed by atoms with Crippen LogP contribution in [0.25, 0.3) is 0 Å². The molecular weight excluding hydrogens is 374 g/mol. The van der Waals surface area contributed by atoms with Gasteiger partial charge in [-0.25, -0.2) is 0 Å². The molecule has 6 heteroatoms. The van der Waals surface area contributed by atoms with Crippen LogP contribution in [0.3, 0.4) is 0 Å². The van der Waals surface area contributed by atoms with Crippen molar-refractivity contribution >= 4 is 38.9 Å². The maximum absolute atomic E-state index is 6.26. The van der Waals surface area contributed by atoms with E-state index < -0.39 is 0 Å². The Kier molecular flexibility index (Phi) is 6.99. The zero-order chi connectivity index (χ0) is 15.1. The Bertz CT molecular complexity index is 577. The standard InChI is InChI=1S/C15H17BrClNO2S/c1-19-6-5-18-9-11-2-3-14(13(17)8-11)20-10-15-12(16)4-7-21-15/h2-4,7-8,18H,5-6,9-10H2,1H3. The topological polar surface area (TPSA) is 30.5 Å². The van der Waals surface area contributed by atoms with E-state index in [2.05, 4.69) is 21.2 Å². The Morgan fingerprint density at radius 3 is 2.86 bits per heavy atom. The molecule has 1 N–H and O–H groups in total. The van der Waals surface area contributed by atoms with Crippen LogP contribution >= 0.6 is 38.9 Å². The first-order chi connectivity index (χ1) is 10.2. The molecule has 2 aromatic rings. The third-order valence-corrected chi connectivity index (χ3v) is 5.05. The first-order valence-corrected chi connectivity index (χ1v) is 8.58. The summed E-state index contributed by atoms with van der Waals surface area (Å²) < 4.78 is 11.8. The molecule has 0 spiro atoms. The van der Waals surface area contributed by atoms with Crippen molar-refractivity contribution in [2.45, 2.75) is 13.2 Å². The van der Waals surface area contributed by atoms with Crippen molar-refractivity contribution in [1.29, 1.82) is 0 Å². The lowest BCUT2D eigenvalue weighted by molar-refractivity contribution is 0.199. The molecule has 0 saturated carbocycles. The number of halogens is 2. The number of nitrogens with one attached hydrogen (secondary N) is 1. The highest BCUT2D eigenvalue weighted by atomic mass is 79.9. The number of rotatable bonds is 8. The summed E-state index contributed by atoms with van der Waals surface area (Å²) in [5, 5.41) is 5.94. The van der Waals surface area contributed by atoms with Crippen LogP contribution in [0.15, 0.2) is 34.1 Å². The van der Waals surface area contributed by atoms with Gasteiger partial charge < -0.3 is 14.8 Å². The lowest BCUT2D eigenvalue weighted by Crippen LogP contribution is -2.18. The Morgan fingerprint density at radius 2 is 2.19 bits per heavy atom. The van der Waals surface area contributed by atoms with E-state index in [-0.39, 0.29) is 0 Å². The molecule has 0 aliphatic heterocycles. The molecule has 0 aliphatic rings. The van der Waals surface area contributed by atoms with Crippen molar-refractivity contribution in [1.82, 2.24) is 5.32 Å². The van der Waals surface area contributed by atoms with Crippen LogP contribution in [0.2, 0.25) is 5.02 Å². The van der Waals surface area contributed by atoms with Gasteiger partial charge >= 0.3 is 0 Å². The van der Waals surface area contributed by atoms with Crippen LogP contribution < -0.4 is 10.1 Å². The first-order valence-electron chi connectivity index (χ1n) is 6.53. The van der Waals surface area contributed by atoms with Gasteiger partial charge in [0.25, 0.3) is 0 Å². The van der Waals surface area contributed by atoms with Crippen molar-refractivity contribution in [2.75, 3.05) is 20.3 Å². The van der Waals surface area contributed by atoms with Crippen LogP contribution in [0, 0.1) is 0 Å². The van der Waals surface area contributed by atoms with Crippen LogP contribution in [0.4, 0.5) is 0 Å². The van der Waals surface area contributed by atoms with Gasteiger partial charge in [0, 0.05) is 24.7 Å². The van der Waals surface area contributed by atoms with Gasteiger partial charge in [0.15, 0.2) is 0 Å². The molecule has 0 fully saturated rings. The second-order valence-electron chi connectivity index (χ2n) is 4.41. The summed E-state index contributed by atoms with van der Waals surface area (Å²) in [6.45, 7) is 2.80. The van der Waals surface area contributed by atoms with E-state index >= 15 is 0 Å². The largest absolute Gasteiger partial charge is 0.486 e. The molecule has 0 atom stereocenters. The smallest absolute Gasteiger partial charge is 0.138 e. The van der Waals surface area contributed by atoms with E-state index in [1.54, 1.807) is 18.4 Å². The molecule has 114 valence electrons. The predicted octanol–water partition coefficient (Wildman–Crippen LogP) is 4.48. The summed E-state index contributed by atoms with van der Waals surface area (Å²) in [4.78, 5) is 1.15. The van der Waals surface area contributed by atoms with Gasteiger partial charge in [0.1, 0.15) is 12.4 Å². The lowest BCUT2D eigenvalue weighted by atomic mass is 10.2. The molecule has 0 saturated heterocycles. The number of benzene rings is 1. The van der Waals surface area contributed by atoms with Gasteiger partial charge in [-0.05, 0) is 45.1 Å². The van der Waals surface area contributed by atoms with Crippen molar-refractivity contribution in [3.05, 3.63) is 49.6 Å². The molecule has 0 aliphatic carbocycles. The molecule has 1 aromatic carbocycles. The van der Waals surface area contributed by atoms with E-state index in [1.807, 2.05) is 29.6 Å². The fraction of sp³-hybridized carbons (Fsp3) is 0.333. The normalized spacial score (nSPS) is 10.8. The van der Waals surface area contributed by atoms with Gasteiger partial charge in [0.05, 0.1) is 16.5 Å². The van der Waals surface area contributed by atoms with Gasteiger partial charge in [0.2, 0.25) is 0 Å². The minimum atomic E-state index is 0.517. The fourth-order valence-corrected chi connectivity index (χ4v) is 3.39. The minimum Gasteiger partial charge on any atom is -0.486 e. The van der Waals surface area contributed by atoms with Crippen LogP contribution in [-0.2, 0) is 17.9 Å². The van der Waals surface area contributed by atoms with E-state index in [0.717, 1.165) is 28.0 Å². The summed E-state index contributed by atoms with van der Waals surface area (Å²) in [5.74, 6) is 0.706. The molecular formula is C15H17BrClNO2S. The van der Waals surface area contributed by atoms with Gasteiger partial charge in [-0.2, -0.15) is 0 Å². The summed E-state index contributed by atoms with van der Waals surface area (Å²) in [6.07, 6.45) is 0. The maximum Gasteiger partial charge on any atom is 0.138 e. The molecule has 0 bridgehead atoms. The predicted molar refractivity (Wildman–Crippen MR) is 91.4 cm³/mol. The van der Waals surface area contributed by atoms with Gasteiger partial charge in [-0.3, -0.25) is 0 Å². The monoisotopic (exact) mass is 389 g/mol. The highest BCUT2D eigenvalue weighted by molar-refractivity contribution is 9.10. The lowest BCUT2D eigenvalue weighted by Gasteiger charge is -2.10. The van der Waals surface area contributed by atoms with Crippen molar-refractivity contribution in [3.8, 4) is 5.75 Å². The minimum absolute atomic E-state index is 0.517. The zero-order valence-corrected chi connectivity index (χ0v) is 14.9. The molecule has 1 aromatic heterocycles. The quantitative estimate of drug-likeness (QED) is 0.674. The maximum atomic E-state index is 6.26. The SMILES string of the molecule is COCCNCc1ccc(OCc2sccc2Br)c(Cl)c1.